The maximum absolute atomic E-state index is 12.6. The molecule has 0 aliphatic heterocycles. The third kappa shape index (κ3) is 3.92. The standard InChI is InChI=1S/C16H18ClN3O3S/c1-11(2)20(3)24(22,23)13-4-5-15(17)14(10-13)16(21)19-12-6-8-18-9-7-12/h4-11H,1-3H3,(H,18,19,21). The molecule has 0 saturated carbocycles. The van der Waals surface area contributed by atoms with Crippen LogP contribution in [0.3, 0.4) is 0 Å². The lowest BCUT2D eigenvalue weighted by Gasteiger charge is -2.21. The molecule has 0 aliphatic rings. The number of aromatic nitrogens is 1. The highest BCUT2D eigenvalue weighted by molar-refractivity contribution is 7.89. The van der Waals surface area contributed by atoms with E-state index in [0.717, 1.165) is 0 Å². The molecule has 6 nitrogen and oxygen atoms in total. The van der Waals surface area contributed by atoms with Crippen LogP contribution in [0.2, 0.25) is 5.02 Å². The third-order valence-corrected chi connectivity index (χ3v) is 5.88. The maximum atomic E-state index is 12.6. The minimum absolute atomic E-state index is 0.0166. The van der Waals surface area contributed by atoms with Crippen molar-refractivity contribution in [3.05, 3.63) is 53.3 Å². The SMILES string of the molecule is CC(C)N(C)S(=O)(=O)c1ccc(Cl)c(C(=O)Nc2ccncc2)c1. The van der Waals surface area contributed by atoms with Crippen molar-refractivity contribution in [2.24, 2.45) is 0 Å². The molecule has 2 rings (SSSR count). The fourth-order valence-corrected chi connectivity index (χ4v) is 3.51. The summed E-state index contributed by atoms with van der Waals surface area (Å²) in [5.41, 5.74) is 0.630. The summed E-state index contributed by atoms with van der Waals surface area (Å²) < 4.78 is 26.4. The number of benzene rings is 1. The normalized spacial score (nSPS) is 11.8. The van der Waals surface area contributed by atoms with Crippen molar-refractivity contribution in [3.63, 3.8) is 0 Å². The zero-order chi connectivity index (χ0) is 17.9. The lowest BCUT2D eigenvalue weighted by Crippen LogP contribution is -2.33. The number of nitrogens with one attached hydrogen (secondary N) is 1. The van der Waals surface area contributed by atoms with Gasteiger partial charge in [0.1, 0.15) is 0 Å². The van der Waals surface area contributed by atoms with Crippen molar-refractivity contribution >= 4 is 33.2 Å². The Bertz CT molecular complexity index is 839. The second-order valence-corrected chi connectivity index (χ2v) is 7.85. The Kier molecular flexibility index (Phi) is 5.58. The van der Waals surface area contributed by atoms with Gasteiger partial charge in [-0.3, -0.25) is 9.78 Å². The van der Waals surface area contributed by atoms with Crippen LogP contribution in [-0.4, -0.2) is 36.7 Å². The molecule has 0 aliphatic carbocycles. The second kappa shape index (κ2) is 7.29. The smallest absolute Gasteiger partial charge is 0.257 e. The average Bonchev–Trinajstić information content (AvgIpc) is 2.55. The molecule has 0 atom stereocenters. The van der Waals surface area contributed by atoms with Crippen LogP contribution < -0.4 is 5.32 Å². The molecule has 1 heterocycles. The highest BCUT2D eigenvalue weighted by Gasteiger charge is 2.25. The van der Waals surface area contributed by atoms with E-state index in [0.29, 0.717) is 5.69 Å². The van der Waals surface area contributed by atoms with Crippen LogP contribution in [0.25, 0.3) is 0 Å². The summed E-state index contributed by atoms with van der Waals surface area (Å²) in [5.74, 6) is -0.490. The number of amides is 1. The van der Waals surface area contributed by atoms with Crippen LogP contribution in [0.4, 0.5) is 5.69 Å². The van der Waals surface area contributed by atoms with Gasteiger partial charge in [-0.25, -0.2) is 8.42 Å². The van der Waals surface area contributed by atoms with E-state index in [4.69, 9.17) is 11.6 Å². The predicted molar refractivity (Wildman–Crippen MR) is 93.7 cm³/mol. The summed E-state index contributed by atoms with van der Waals surface area (Å²) in [6.45, 7) is 3.54. The van der Waals surface area contributed by atoms with Crippen molar-refractivity contribution in [1.29, 1.82) is 0 Å². The number of halogens is 1. The van der Waals surface area contributed by atoms with Gasteiger partial charge in [0, 0.05) is 31.2 Å². The van der Waals surface area contributed by atoms with Crippen LogP contribution in [-0.2, 0) is 10.0 Å². The monoisotopic (exact) mass is 367 g/mol. The molecule has 0 radical (unpaired) electrons. The fraction of sp³-hybridized carbons (Fsp3) is 0.250. The first-order valence-electron chi connectivity index (χ1n) is 7.22. The summed E-state index contributed by atoms with van der Waals surface area (Å²) in [7, 11) is -2.21. The molecule has 1 aromatic heterocycles. The first-order valence-corrected chi connectivity index (χ1v) is 9.04. The minimum atomic E-state index is -3.70. The van der Waals surface area contributed by atoms with E-state index in [-0.39, 0.29) is 21.5 Å². The Morgan fingerprint density at radius 1 is 1.21 bits per heavy atom. The van der Waals surface area contributed by atoms with E-state index in [1.165, 1.54) is 41.9 Å². The van der Waals surface area contributed by atoms with Crippen LogP contribution in [0.1, 0.15) is 24.2 Å². The van der Waals surface area contributed by atoms with E-state index < -0.39 is 15.9 Å². The summed E-state index contributed by atoms with van der Waals surface area (Å²) in [6.07, 6.45) is 3.07. The van der Waals surface area contributed by atoms with Gasteiger partial charge in [0.05, 0.1) is 15.5 Å². The molecule has 1 N–H and O–H groups in total. The molecule has 0 unspecified atom stereocenters. The molecule has 8 heteroatoms. The number of hydrogen-bond acceptors (Lipinski definition) is 4. The molecule has 2 aromatic rings. The topological polar surface area (TPSA) is 79.4 Å². The van der Waals surface area contributed by atoms with Crippen LogP contribution in [0.5, 0.6) is 0 Å². The van der Waals surface area contributed by atoms with Gasteiger partial charge in [0.25, 0.3) is 5.91 Å². The zero-order valence-electron chi connectivity index (χ0n) is 13.5. The van der Waals surface area contributed by atoms with Gasteiger partial charge in [0.15, 0.2) is 0 Å². The molecule has 1 amide bonds. The Morgan fingerprint density at radius 2 is 1.83 bits per heavy atom. The third-order valence-electron chi connectivity index (χ3n) is 3.52. The molecule has 1 aromatic carbocycles. The molecular weight excluding hydrogens is 350 g/mol. The molecule has 0 saturated heterocycles. The quantitative estimate of drug-likeness (QED) is 0.880. The number of rotatable bonds is 5. The Hall–Kier alpha value is -1.96. The van der Waals surface area contributed by atoms with Crippen molar-refractivity contribution in [2.45, 2.75) is 24.8 Å². The second-order valence-electron chi connectivity index (χ2n) is 5.45. The summed E-state index contributed by atoms with van der Waals surface area (Å²) >= 11 is 6.07. The first-order chi connectivity index (χ1) is 11.2. The van der Waals surface area contributed by atoms with Crippen molar-refractivity contribution in [1.82, 2.24) is 9.29 Å². The van der Waals surface area contributed by atoms with Gasteiger partial charge in [-0.1, -0.05) is 11.6 Å². The Labute approximate surface area is 146 Å². The number of sulfonamides is 1. The Morgan fingerprint density at radius 3 is 2.42 bits per heavy atom. The van der Waals surface area contributed by atoms with Gasteiger partial charge in [0.2, 0.25) is 10.0 Å². The number of anilines is 1. The highest BCUT2D eigenvalue weighted by Crippen LogP contribution is 2.24. The van der Waals surface area contributed by atoms with Crippen LogP contribution in [0, 0.1) is 0 Å². The summed E-state index contributed by atoms with van der Waals surface area (Å²) in [5, 5.41) is 2.83. The number of pyridine rings is 1. The maximum Gasteiger partial charge on any atom is 0.257 e. The van der Waals surface area contributed by atoms with Crippen LogP contribution in [0.15, 0.2) is 47.6 Å². The van der Waals surface area contributed by atoms with Gasteiger partial charge in [-0.2, -0.15) is 4.31 Å². The van der Waals surface area contributed by atoms with Crippen molar-refractivity contribution < 1.29 is 13.2 Å². The number of carbonyl (C=O) groups is 1. The molecule has 0 bridgehead atoms. The molecule has 24 heavy (non-hydrogen) atoms. The fourth-order valence-electron chi connectivity index (χ4n) is 1.92. The number of nitrogens with zero attached hydrogens (tertiary/aromatic N) is 2. The van der Waals surface area contributed by atoms with E-state index in [2.05, 4.69) is 10.3 Å². The number of hydrogen-bond donors (Lipinski definition) is 1. The minimum Gasteiger partial charge on any atom is -0.322 e. The predicted octanol–water partition coefficient (Wildman–Crippen LogP) is 3.02. The first kappa shape index (κ1) is 18.4. The van der Waals surface area contributed by atoms with Crippen molar-refractivity contribution in [3.8, 4) is 0 Å². The number of carbonyl (C=O) groups excluding carboxylic acids is 1. The summed E-state index contributed by atoms with van der Waals surface area (Å²) in [6, 6.07) is 7.12. The van der Waals surface area contributed by atoms with Crippen molar-refractivity contribution in [2.75, 3.05) is 12.4 Å². The van der Waals surface area contributed by atoms with Gasteiger partial charge >= 0.3 is 0 Å². The molecule has 0 spiro atoms. The molecular formula is C16H18ClN3O3S. The average molecular weight is 368 g/mol. The lowest BCUT2D eigenvalue weighted by molar-refractivity contribution is 0.102. The van der Waals surface area contributed by atoms with Crippen LogP contribution >= 0.6 is 11.6 Å². The van der Waals surface area contributed by atoms with Gasteiger partial charge in [-0.15, -0.1) is 0 Å². The molecule has 0 fully saturated rings. The molecule has 128 valence electrons. The Balaban J connectivity index is 2.37. The highest BCUT2D eigenvalue weighted by atomic mass is 35.5. The van der Waals surface area contributed by atoms with Gasteiger partial charge < -0.3 is 5.32 Å². The summed E-state index contributed by atoms with van der Waals surface area (Å²) in [4.78, 5) is 16.3. The van der Waals surface area contributed by atoms with E-state index >= 15 is 0 Å². The van der Waals surface area contributed by atoms with E-state index in [9.17, 15) is 13.2 Å². The largest absolute Gasteiger partial charge is 0.322 e. The van der Waals surface area contributed by atoms with E-state index in [1.807, 2.05) is 0 Å². The lowest BCUT2D eigenvalue weighted by atomic mass is 10.2. The van der Waals surface area contributed by atoms with E-state index in [1.54, 1.807) is 26.0 Å². The zero-order valence-corrected chi connectivity index (χ0v) is 15.1. The van der Waals surface area contributed by atoms with Gasteiger partial charge in [-0.05, 0) is 44.2 Å².